The highest BCUT2D eigenvalue weighted by Crippen LogP contribution is 2.37. The molecule has 1 aromatic carbocycles. The Kier molecular flexibility index (Phi) is 3.77. The maximum absolute atomic E-state index is 13.9. The quantitative estimate of drug-likeness (QED) is 0.799. The number of aryl methyl sites for hydroxylation is 1. The van der Waals surface area contributed by atoms with Crippen molar-refractivity contribution >= 4 is 12.6 Å². The lowest BCUT2D eigenvalue weighted by Crippen LogP contribution is -2.41. The summed E-state index contributed by atoms with van der Waals surface area (Å²) in [6.45, 7) is 10.4. The van der Waals surface area contributed by atoms with Gasteiger partial charge in [0.1, 0.15) is 11.6 Å². The number of halogens is 1. The van der Waals surface area contributed by atoms with E-state index >= 15 is 0 Å². The number of hydrogen-bond donors (Lipinski definition) is 0. The molecule has 0 spiro atoms. The first kappa shape index (κ1) is 15.8. The summed E-state index contributed by atoms with van der Waals surface area (Å²) in [6.07, 6.45) is 2.39. The smallest absolute Gasteiger partial charge is 0.494 e. The largest absolute Gasteiger partial charge is 0.498 e. The standard InChI is InChI=1S/C17H24BFO3/c1-11-8-13(18-21-16(2,3)17(4,5)22-18)15(9-14(11)19)20-10-12-6-7-12/h8-9,12H,6-7,10H2,1-5H3. The molecule has 120 valence electrons. The van der Waals surface area contributed by atoms with Crippen LogP contribution < -0.4 is 10.2 Å². The van der Waals surface area contributed by atoms with Crippen molar-refractivity contribution in [3.63, 3.8) is 0 Å². The molecule has 0 radical (unpaired) electrons. The van der Waals surface area contributed by atoms with Crippen molar-refractivity contribution in [3.8, 4) is 5.75 Å². The van der Waals surface area contributed by atoms with E-state index in [1.807, 2.05) is 27.7 Å². The van der Waals surface area contributed by atoms with Gasteiger partial charge in [0, 0.05) is 11.5 Å². The second-order valence-electron chi connectivity index (χ2n) is 7.48. The summed E-state index contributed by atoms with van der Waals surface area (Å²) in [5, 5.41) is 0. The molecule has 1 saturated heterocycles. The van der Waals surface area contributed by atoms with E-state index in [1.54, 1.807) is 13.0 Å². The van der Waals surface area contributed by atoms with Crippen molar-refractivity contribution in [3.05, 3.63) is 23.5 Å². The number of rotatable bonds is 4. The molecule has 5 heteroatoms. The van der Waals surface area contributed by atoms with E-state index in [0.29, 0.717) is 23.8 Å². The zero-order valence-electron chi connectivity index (χ0n) is 14.0. The van der Waals surface area contributed by atoms with Gasteiger partial charge in [-0.3, -0.25) is 0 Å². The molecule has 1 aliphatic carbocycles. The summed E-state index contributed by atoms with van der Waals surface area (Å²) in [5.74, 6) is 0.884. The Labute approximate surface area is 132 Å². The third-order valence-corrected chi connectivity index (χ3v) is 4.97. The Balaban J connectivity index is 1.89. The Morgan fingerprint density at radius 3 is 2.32 bits per heavy atom. The topological polar surface area (TPSA) is 27.7 Å². The molecule has 0 atom stereocenters. The summed E-state index contributed by atoms with van der Waals surface area (Å²) in [7, 11) is -0.529. The summed E-state index contributed by atoms with van der Waals surface area (Å²) in [5.41, 5.74) is 0.503. The summed E-state index contributed by atoms with van der Waals surface area (Å²) in [6, 6.07) is 3.23. The molecule has 22 heavy (non-hydrogen) atoms. The van der Waals surface area contributed by atoms with Crippen molar-refractivity contribution in [1.82, 2.24) is 0 Å². The van der Waals surface area contributed by atoms with Crippen LogP contribution >= 0.6 is 0 Å². The summed E-state index contributed by atoms with van der Waals surface area (Å²) >= 11 is 0. The fraction of sp³-hybridized carbons (Fsp3) is 0.647. The lowest BCUT2D eigenvalue weighted by atomic mass is 9.77. The third-order valence-electron chi connectivity index (χ3n) is 4.97. The van der Waals surface area contributed by atoms with Crippen LogP contribution in [0.1, 0.15) is 46.1 Å². The van der Waals surface area contributed by atoms with Crippen molar-refractivity contribution in [2.75, 3.05) is 6.61 Å². The summed E-state index contributed by atoms with van der Waals surface area (Å²) < 4.78 is 31.9. The normalized spacial score (nSPS) is 22.9. The molecule has 0 bridgehead atoms. The molecule has 2 aliphatic rings. The molecule has 1 aromatic rings. The van der Waals surface area contributed by atoms with Crippen LogP contribution in [0.3, 0.4) is 0 Å². The minimum Gasteiger partial charge on any atom is -0.494 e. The fourth-order valence-corrected chi connectivity index (χ4v) is 2.46. The molecule has 3 rings (SSSR count). The van der Waals surface area contributed by atoms with Crippen LogP contribution in [0, 0.1) is 18.7 Å². The zero-order chi connectivity index (χ0) is 16.1. The van der Waals surface area contributed by atoms with E-state index in [2.05, 4.69) is 0 Å². The highest BCUT2D eigenvalue weighted by molar-refractivity contribution is 6.63. The van der Waals surface area contributed by atoms with Gasteiger partial charge in [-0.25, -0.2) is 4.39 Å². The van der Waals surface area contributed by atoms with Gasteiger partial charge in [-0.05, 0) is 58.9 Å². The number of hydrogen-bond acceptors (Lipinski definition) is 3. The summed E-state index contributed by atoms with van der Waals surface area (Å²) in [4.78, 5) is 0. The van der Waals surface area contributed by atoms with Crippen LogP contribution in [0.15, 0.2) is 12.1 Å². The van der Waals surface area contributed by atoms with Gasteiger partial charge in [0.05, 0.1) is 17.8 Å². The van der Waals surface area contributed by atoms with Crippen molar-refractivity contribution in [2.45, 2.75) is 58.7 Å². The average molecular weight is 306 g/mol. The van der Waals surface area contributed by atoms with Gasteiger partial charge in [0.25, 0.3) is 0 Å². The molecule has 1 heterocycles. The van der Waals surface area contributed by atoms with Crippen molar-refractivity contribution in [2.24, 2.45) is 5.92 Å². The van der Waals surface area contributed by atoms with E-state index in [4.69, 9.17) is 14.0 Å². The van der Waals surface area contributed by atoms with Gasteiger partial charge in [-0.1, -0.05) is 6.07 Å². The number of benzene rings is 1. The Bertz CT molecular complexity index is 566. The first-order valence-corrected chi connectivity index (χ1v) is 7.98. The van der Waals surface area contributed by atoms with Crippen molar-refractivity contribution in [1.29, 1.82) is 0 Å². The first-order valence-electron chi connectivity index (χ1n) is 7.98. The Morgan fingerprint density at radius 2 is 1.77 bits per heavy atom. The molecular formula is C17H24BFO3. The molecular weight excluding hydrogens is 282 g/mol. The van der Waals surface area contributed by atoms with Crippen molar-refractivity contribution < 1.29 is 18.4 Å². The maximum Gasteiger partial charge on any atom is 0.498 e. The molecule has 0 aromatic heterocycles. The lowest BCUT2D eigenvalue weighted by molar-refractivity contribution is 0.00578. The van der Waals surface area contributed by atoms with E-state index < -0.39 is 18.3 Å². The maximum atomic E-state index is 13.9. The molecule has 0 amide bonds. The second kappa shape index (κ2) is 5.24. The van der Waals surface area contributed by atoms with E-state index in [0.717, 1.165) is 5.46 Å². The van der Waals surface area contributed by atoms with Crippen LogP contribution in [0.25, 0.3) is 0 Å². The van der Waals surface area contributed by atoms with Crippen LogP contribution in [-0.4, -0.2) is 24.9 Å². The molecule has 2 fully saturated rings. The third kappa shape index (κ3) is 2.89. The predicted octanol–water partition coefficient (Wildman–Crippen LogP) is 3.22. The molecule has 0 N–H and O–H groups in total. The lowest BCUT2D eigenvalue weighted by Gasteiger charge is -2.32. The van der Waals surface area contributed by atoms with Crippen LogP contribution in [-0.2, 0) is 9.31 Å². The predicted molar refractivity (Wildman–Crippen MR) is 85.1 cm³/mol. The average Bonchev–Trinajstić information content (AvgIpc) is 3.18. The first-order chi connectivity index (χ1) is 10.2. The van der Waals surface area contributed by atoms with Crippen LogP contribution in [0.5, 0.6) is 5.75 Å². The Hall–Kier alpha value is -1.07. The SMILES string of the molecule is Cc1cc(B2OC(C)(C)C(C)(C)O2)c(OCC2CC2)cc1F. The van der Waals surface area contributed by atoms with Crippen LogP contribution in [0.4, 0.5) is 4.39 Å². The monoisotopic (exact) mass is 306 g/mol. The Morgan fingerprint density at radius 1 is 1.18 bits per heavy atom. The van der Waals surface area contributed by atoms with Gasteiger partial charge in [0.2, 0.25) is 0 Å². The van der Waals surface area contributed by atoms with Crippen LogP contribution in [0.2, 0.25) is 0 Å². The highest BCUT2D eigenvalue weighted by atomic mass is 19.1. The van der Waals surface area contributed by atoms with Gasteiger partial charge in [0.15, 0.2) is 0 Å². The van der Waals surface area contributed by atoms with Gasteiger partial charge >= 0.3 is 7.12 Å². The highest BCUT2D eigenvalue weighted by Gasteiger charge is 2.52. The van der Waals surface area contributed by atoms with Gasteiger partial charge in [-0.2, -0.15) is 0 Å². The number of ether oxygens (including phenoxy) is 1. The molecule has 1 saturated carbocycles. The zero-order valence-corrected chi connectivity index (χ0v) is 14.0. The van der Waals surface area contributed by atoms with E-state index in [-0.39, 0.29) is 5.82 Å². The minimum absolute atomic E-state index is 0.258. The molecule has 1 aliphatic heterocycles. The van der Waals surface area contributed by atoms with E-state index in [1.165, 1.54) is 18.9 Å². The second-order valence-corrected chi connectivity index (χ2v) is 7.48. The van der Waals surface area contributed by atoms with Gasteiger partial charge in [-0.15, -0.1) is 0 Å². The van der Waals surface area contributed by atoms with E-state index in [9.17, 15) is 4.39 Å². The fourth-order valence-electron chi connectivity index (χ4n) is 2.46. The van der Waals surface area contributed by atoms with Gasteiger partial charge < -0.3 is 14.0 Å². The molecule has 0 unspecified atom stereocenters. The molecule has 3 nitrogen and oxygen atoms in total. The minimum atomic E-state index is -0.529.